The van der Waals surface area contributed by atoms with Crippen LogP contribution in [0.15, 0.2) is 4.34 Å². The minimum atomic E-state index is -0.0849. The van der Waals surface area contributed by atoms with Gasteiger partial charge < -0.3 is 15.4 Å². The minimum absolute atomic E-state index is 0.0849. The second kappa shape index (κ2) is 8.27. The summed E-state index contributed by atoms with van der Waals surface area (Å²) < 4.78 is 7.46. The molecule has 0 spiro atoms. The van der Waals surface area contributed by atoms with Gasteiger partial charge in [0.1, 0.15) is 0 Å². The number of aryl methyl sites for hydroxylation is 2. The summed E-state index contributed by atoms with van der Waals surface area (Å²) in [4.78, 5) is 12.1. The Labute approximate surface area is 143 Å². The number of thioether (sulfide) groups is 1. The Morgan fingerprint density at radius 1 is 1.39 bits per heavy atom. The van der Waals surface area contributed by atoms with Crippen molar-refractivity contribution in [2.24, 2.45) is 7.05 Å². The molecule has 0 atom stereocenters. The number of aromatic nitrogens is 4. The molecule has 0 unspecified atom stereocenters. The molecule has 0 bridgehead atoms. The lowest BCUT2D eigenvalue weighted by Crippen LogP contribution is -2.15. The van der Waals surface area contributed by atoms with Gasteiger partial charge in [-0.3, -0.25) is 9.48 Å². The smallest absolute Gasteiger partial charge is 0.234 e. The summed E-state index contributed by atoms with van der Waals surface area (Å²) in [6.45, 7) is 5.08. The van der Waals surface area contributed by atoms with Crippen molar-refractivity contribution in [2.45, 2.75) is 18.2 Å². The molecule has 0 aromatic carbocycles. The van der Waals surface area contributed by atoms with Gasteiger partial charge in [-0.1, -0.05) is 23.1 Å². The van der Waals surface area contributed by atoms with Crippen LogP contribution in [0.1, 0.15) is 11.4 Å². The molecule has 0 aliphatic carbocycles. The summed E-state index contributed by atoms with van der Waals surface area (Å²) in [5.74, 6) is 0.193. The van der Waals surface area contributed by atoms with E-state index in [0.29, 0.717) is 13.2 Å². The highest BCUT2D eigenvalue weighted by molar-refractivity contribution is 8.01. The van der Waals surface area contributed by atoms with Crippen LogP contribution in [0.5, 0.6) is 0 Å². The Morgan fingerprint density at radius 2 is 2.17 bits per heavy atom. The Bertz CT molecular complexity index is 669. The van der Waals surface area contributed by atoms with Gasteiger partial charge in [-0.2, -0.15) is 5.10 Å². The molecular formula is C13H20N6O2S2. The highest BCUT2D eigenvalue weighted by Gasteiger charge is 2.13. The van der Waals surface area contributed by atoms with Crippen molar-refractivity contribution in [3.05, 3.63) is 11.4 Å². The number of carbonyl (C=O) groups excluding carboxylic acids is 1. The lowest BCUT2D eigenvalue weighted by Gasteiger charge is -2.04. The molecule has 8 nitrogen and oxygen atoms in total. The van der Waals surface area contributed by atoms with Crippen LogP contribution in [-0.4, -0.2) is 51.9 Å². The molecule has 0 radical (unpaired) electrons. The number of amides is 1. The third-order valence-corrected chi connectivity index (χ3v) is 5.10. The monoisotopic (exact) mass is 356 g/mol. The molecule has 0 saturated carbocycles. The quantitative estimate of drug-likeness (QED) is 0.549. The van der Waals surface area contributed by atoms with Crippen molar-refractivity contribution in [1.82, 2.24) is 20.0 Å². The van der Waals surface area contributed by atoms with E-state index in [2.05, 4.69) is 25.9 Å². The average molecular weight is 356 g/mol. The van der Waals surface area contributed by atoms with Crippen molar-refractivity contribution in [3.63, 3.8) is 0 Å². The van der Waals surface area contributed by atoms with Gasteiger partial charge in [0.05, 0.1) is 29.4 Å². The maximum Gasteiger partial charge on any atom is 0.234 e. The van der Waals surface area contributed by atoms with Crippen LogP contribution in [0.2, 0.25) is 0 Å². The summed E-state index contributed by atoms with van der Waals surface area (Å²) in [5, 5.41) is 19.1. The zero-order valence-corrected chi connectivity index (χ0v) is 15.2. The minimum Gasteiger partial charge on any atom is -0.383 e. The highest BCUT2D eigenvalue weighted by Crippen LogP contribution is 2.26. The second-order valence-electron chi connectivity index (χ2n) is 4.80. The van der Waals surface area contributed by atoms with Crippen LogP contribution in [0, 0.1) is 13.8 Å². The van der Waals surface area contributed by atoms with Crippen LogP contribution in [0.25, 0.3) is 0 Å². The van der Waals surface area contributed by atoms with Crippen LogP contribution >= 0.6 is 23.1 Å². The van der Waals surface area contributed by atoms with Crippen molar-refractivity contribution in [2.75, 3.05) is 36.6 Å². The number of rotatable bonds is 8. The van der Waals surface area contributed by atoms with Crippen molar-refractivity contribution in [3.8, 4) is 0 Å². The summed E-state index contributed by atoms with van der Waals surface area (Å²) in [7, 11) is 3.50. The van der Waals surface area contributed by atoms with Crippen molar-refractivity contribution >= 4 is 39.8 Å². The molecule has 1 amide bonds. The molecule has 10 heteroatoms. The van der Waals surface area contributed by atoms with E-state index >= 15 is 0 Å². The van der Waals surface area contributed by atoms with E-state index < -0.39 is 0 Å². The first-order valence-corrected chi connectivity index (χ1v) is 8.80. The first-order chi connectivity index (χ1) is 11.0. The van der Waals surface area contributed by atoms with E-state index in [1.165, 1.54) is 23.1 Å². The van der Waals surface area contributed by atoms with Crippen molar-refractivity contribution in [1.29, 1.82) is 0 Å². The van der Waals surface area contributed by atoms with Gasteiger partial charge in [0, 0.05) is 20.7 Å². The van der Waals surface area contributed by atoms with Gasteiger partial charge in [-0.25, -0.2) is 0 Å². The van der Waals surface area contributed by atoms with Crippen LogP contribution in [0.4, 0.5) is 10.8 Å². The van der Waals surface area contributed by atoms with Crippen molar-refractivity contribution < 1.29 is 9.53 Å². The van der Waals surface area contributed by atoms with E-state index in [0.717, 1.165) is 26.5 Å². The van der Waals surface area contributed by atoms with E-state index in [4.69, 9.17) is 4.74 Å². The van der Waals surface area contributed by atoms with Crippen LogP contribution < -0.4 is 10.6 Å². The van der Waals surface area contributed by atoms with E-state index in [1.807, 2.05) is 20.9 Å². The summed E-state index contributed by atoms with van der Waals surface area (Å²) in [6.07, 6.45) is 0. The number of hydrogen-bond acceptors (Lipinski definition) is 8. The van der Waals surface area contributed by atoms with E-state index in [9.17, 15) is 4.79 Å². The molecule has 126 valence electrons. The lowest BCUT2D eigenvalue weighted by atomic mass is 10.3. The molecule has 0 aliphatic rings. The molecule has 2 aromatic rings. The largest absolute Gasteiger partial charge is 0.383 e. The number of nitrogens with one attached hydrogen (secondary N) is 2. The molecule has 2 rings (SSSR count). The number of methoxy groups -OCH3 is 1. The molecule has 0 aliphatic heterocycles. The summed E-state index contributed by atoms with van der Waals surface area (Å²) in [6, 6.07) is 0. The molecule has 2 N–H and O–H groups in total. The van der Waals surface area contributed by atoms with E-state index in [1.54, 1.807) is 11.8 Å². The van der Waals surface area contributed by atoms with Gasteiger partial charge in [-0.15, -0.1) is 10.2 Å². The SMILES string of the molecule is COCCNc1nnc(SCC(=O)Nc2c(C)nn(C)c2C)s1. The first kappa shape index (κ1) is 17.7. The summed E-state index contributed by atoms with van der Waals surface area (Å²) >= 11 is 2.78. The fraction of sp³-hybridized carbons (Fsp3) is 0.538. The topological polar surface area (TPSA) is 94.0 Å². The zero-order chi connectivity index (χ0) is 16.8. The van der Waals surface area contributed by atoms with E-state index in [-0.39, 0.29) is 11.7 Å². The normalized spacial score (nSPS) is 10.8. The number of hydrogen-bond donors (Lipinski definition) is 2. The fourth-order valence-corrected chi connectivity index (χ4v) is 3.43. The molecule has 0 saturated heterocycles. The highest BCUT2D eigenvalue weighted by atomic mass is 32.2. The standard InChI is InChI=1S/C13H20N6O2S2/c1-8-11(9(2)19(3)18-8)15-10(20)7-22-13-17-16-12(23-13)14-5-6-21-4/h5-7H2,1-4H3,(H,14,16)(H,15,20). The maximum atomic E-state index is 12.1. The average Bonchev–Trinajstić information content (AvgIpc) is 3.06. The molecular weight excluding hydrogens is 336 g/mol. The van der Waals surface area contributed by atoms with Gasteiger partial charge in [0.2, 0.25) is 11.0 Å². The zero-order valence-electron chi connectivity index (χ0n) is 13.5. The summed E-state index contributed by atoms with van der Waals surface area (Å²) in [5.41, 5.74) is 2.52. The number of carbonyl (C=O) groups is 1. The molecule has 2 heterocycles. The molecule has 2 aromatic heterocycles. The third-order valence-electron chi connectivity index (χ3n) is 3.09. The fourth-order valence-electron chi connectivity index (χ4n) is 1.86. The Morgan fingerprint density at radius 3 is 2.83 bits per heavy atom. The Hall–Kier alpha value is -1.65. The van der Waals surface area contributed by atoms with Gasteiger partial charge >= 0.3 is 0 Å². The first-order valence-electron chi connectivity index (χ1n) is 7.00. The number of ether oxygens (including phenoxy) is 1. The maximum absolute atomic E-state index is 12.1. The van der Waals surface area contributed by atoms with Crippen LogP contribution in [0.3, 0.4) is 0 Å². The third kappa shape index (κ3) is 4.91. The Kier molecular flexibility index (Phi) is 6.37. The van der Waals surface area contributed by atoms with Gasteiger partial charge in [-0.05, 0) is 13.8 Å². The molecule has 23 heavy (non-hydrogen) atoms. The predicted octanol–water partition coefficient (Wildman–Crippen LogP) is 1.68. The number of nitrogens with zero attached hydrogens (tertiary/aromatic N) is 4. The molecule has 0 fully saturated rings. The second-order valence-corrected chi connectivity index (χ2v) is 7.00. The Balaban J connectivity index is 1.82. The predicted molar refractivity (Wildman–Crippen MR) is 92.3 cm³/mol. The van der Waals surface area contributed by atoms with Crippen LogP contribution in [-0.2, 0) is 16.6 Å². The number of anilines is 2. The lowest BCUT2D eigenvalue weighted by molar-refractivity contribution is -0.113. The van der Waals surface area contributed by atoms with Gasteiger partial charge in [0.25, 0.3) is 0 Å². The van der Waals surface area contributed by atoms with Gasteiger partial charge in [0.15, 0.2) is 4.34 Å².